The van der Waals surface area contributed by atoms with Crippen molar-refractivity contribution < 1.29 is 14.5 Å². The molecule has 16 heavy (non-hydrogen) atoms. The van der Waals surface area contributed by atoms with Gasteiger partial charge in [-0.15, -0.1) is 0 Å². The molecular weight excluding hydrogens is 234 g/mol. The lowest BCUT2D eigenvalue weighted by molar-refractivity contribution is -0.384. The van der Waals surface area contributed by atoms with Crippen molar-refractivity contribution in [2.24, 2.45) is 0 Å². The summed E-state index contributed by atoms with van der Waals surface area (Å²) < 4.78 is 4.51. The summed E-state index contributed by atoms with van der Waals surface area (Å²) in [5.41, 5.74) is 1.11. The van der Waals surface area contributed by atoms with Gasteiger partial charge in [0.25, 0.3) is 5.69 Å². The van der Waals surface area contributed by atoms with Crippen LogP contribution in [0.25, 0.3) is 0 Å². The number of esters is 1. The van der Waals surface area contributed by atoms with Crippen LogP contribution in [0.4, 0.5) is 5.69 Å². The predicted molar refractivity (Wildman–Crippen MR) is 58.6 cm³/mol. The van der Waals surface area contributed by atoms with E-state index in [1.165, 1.54) is 19.2 Å². The summed E-state index contributed by atoms with van der Waals surface area (Å²) in [5.74, 6) is -0.409. The van der Waals surface area contributed by atoms with E-state index in [4.69, 9.17) is 11.6 Å². The maximum Gasteiger partial charge on any atom is 0.309 e. The van der Waals surface area contributed by atoms with Crippen molar-refractivity contribution in [3.63, 3.8) is 0 Å². The third-order valence-electron chi connectivity index (χ3n) is 2.16. The highest BCUT2D eigenvalue weighted by Gasteiger charge is 2.16. The Morgan fingerprint density at radius 2 is 2.19 bits per heavy atom. The number of nitro groups is 1. The largest absolute Gasteiger partial charge is 0.469 e. The number of halogens is 1. The van der Waals surface area contributed by atoms with E-state index in [1.807, 2.05) is 0 Å². The zero-order valence-corrected chi connectivity index (χ0v) is 9.58. The number of ether oxygens (including phenoxy) is 1. The Kier molecular flexibility index (Phi) is 3.84. The molecule has 0 saturated carbocycles. The highest BCUT2D eigenvalue weighted by molar-refractivity contribution is 6.32. The minimum Gasteiger partial charge on any atom is -0.469 e. The second-order valence-electron chi connectivity index (χ2n) is 3.24. The number of benzene rings is 1. The van der Waals surface area contributed by atoms with Gasteiger partial charge in [0.2, 0.25) is 0 Å². The number of methoxy groups -OCH3 is 1. The van der Waals surface area contributed by atoms with Crippen molar-refractivity contribution in [3.05, 3.63) is 38.4 Å². The average molecular weight is 244 g/mol. The van der Waals surface area contributed by atoms with Gasteiger partial charge >= 0.3 is 5.97 Å². The molecule has 0 aliphatic heterocycles. The summed E-state index contributed by atoms with van der Waals surface area (Å²) in [6.07, 6.45) is 0.0556. The molecule has 0 aromatic heterocycles. The van der Waals surface area contributed by atoms with Crippen LogP contribution in [0.1, 0.15) is 11.1 Å². The van der Waals surface area contributed by atoms with E-state index < -0.39 is 10.9 Å². The summed E-state index contributed by atoms with van der Waals surface area (Å²) >= 11 is 5.73. The van der Waals surface area contributed by atoms with Crippen LogP contribution in [-0.4, -0.2) is 18.0 Å². The fourth-order valence-corrected chi connectivity index (χ4v) is 1.52. The first-order chi connectivity index (χ1) is 7.45. The number of rotatable bonds is 3. The first-order valence-electron chi connectivity index (χ1n) is 4.46. The highest BCUT2D eigenvalue weighted by atomic mass is 35.5. The van der Waals surface area contributed by atoms with Gasteiger partial charge < -0.3 is 4.74 Å². The maximum absolute atomic E-state index is 11.1. The SMILES string of the molecule is COC(=O)Cc1cc(Cl)c([N+](=O)[O-])cc1C. The van der Waals surface area contributed by atoms with E-state index in [-0.39, 0.29) is 17.1 Å². The lowest BCUT2D eigenvalue weighted by atomic mass is 10.1. The minimum atomic E-state index is -0.558. The molecule has 0 atom stereocenters. The van der Waals surface area contributed by atoms with Crippen molar-refractivity contribution in [2.75, 3.05) is 7.11 Å². The molecule has 0 fully saturated rings. The second kappa shape index (κ2) is 4.94. The van der Waals surface area contributed by atoms with Gasteiger partial charge in [-0.05, 0) is 24.1 Å². The summed E-state index contributed by atoms with van der Waals surface area (Å²) in [6, 6.07) is 2.77. The Bertz CT molecular complexity index is 445. The molecule has 1 rings (SSSR count). The number of carbonyl (C=O) groups is 1. The Balaban J connectivity index is 3.10. The highest BCUT2D eigenvalue weighted by Crippen LogP contribution is 2.28. The minimum absolute atomic E-state index is 0.0227. The third kappa shape index (κ3) is 2.70. The first-order valence-corrected chi connectivity index (χ1v) is 4.83. The van der Waals surface area contributed by atoms with Gasteiger partial charge in [0.05, 0.1) is 18.5 Å². The normalized spacial score (nSPS) is 9.94. The number of hydrogen-bond donors (Lipinski definition) is 0. The molecule has 0 aliphatic carbocycles. The molecule has 0 radical (unpaired) electrons. The lowest BCUT2D eigenvalue weighted by Crippen LogP contribution is -2.06. The van der Waals surface area contributed by atoms with Crippen LogP contribution in [-0.2, 0) is 16.0 Å². The predicted octanol–water partition coefficient (Wildman–Crippen LogP) is 2.27. The number of nitro benzene ring substituents is 1. The van der Waals surface area contributed by atoms with Gasteiger partial charge in [-0.3, -0.25) is 14.9 Å². The molecule has 0 bridgehead atoms. The molecular formula is C10H10ClNO4. The van der Waals surface area contributed by atoms with Crippen LogP contribution < -0.4 is 0 Å². The molecule has 1 aromatic carbocycles. The van der Waals surface area contributed by atoms with Gasteiger partial charge in [0, 0.05) is 6.07 Å². The van der Waals surface area contributed by atoms with Crippen molar-refractivity contribution in [2.45, 2.75) is 13.3 Å². The van der Waals surface area contributed by atoms with Crippen LogP contribution >= 0.6 is 11.6 Å². The summed E-state index contributed by atoms with van der Waals surface area (Å²) in [6.45, 7) is 1.68. The molecule has 86 valence electrons. The fourth-order valence-electron chi connectivity index (χ4n) is 1.27. The topological polar surface area (TPSA) is 69.4 Å². The van der Waals surface area contributed by atoms with Crippen LogP contribution in [0.3, 0.4) is 0 Å². The van der Waals surface area contributed by atoms with E-state index in [1.54, 1.807) is 6.92 Å². The molecule has 5 nitrogen and oxygen atoms in total. The smallest absolute Gasteiger partial charge is 0.309 e. The van der Waals surface area contributed by atoms with E-state index in [0.29, 0.717) is 11.1 Å². The van der Waals surface area contributed by atoms with E-state index in [0.717, 1.165) is 0 Å². The number of aryl methyl sites for hydroxylation is 1. The summed E-state index contributed by atoms with van der Waals surface area (Å²) in [7, 11) is 1.28. The molecule has 0 spiro atoms. The molecule has 1 aromatic rings. The standard InChI is InChI=1S/C10H10ClNO4/c1-6-3-9(12(14)15)8(11)4-7(6)5-10(13)16-2/h3-4H,5H2,1-2H3. The van der Waals surface area contributed by atoms with Crippen LogP contribution in [0.2, 0.25) is 5.02 Å². The Morgan fingerprint density at radius 1 is 1.56 bits per heavy atom. The molecule has 0 aliphatic rings. The lowest BCUT2D eigenvalue weighted by Gasteiger charge is -2.05. The van der Waals surface area contributed by atoms with E-state index in [9.17, 15) is 14.9 Å². The quantitative estimate of drug-likeness (QED) is 0.464. The van der Waals surface area contributed by atoms with Crippen molar-refractivity contribution >= 4 is 23.3 Å². The third-order valence-corrected chi connectivity index (χ3v) is 2.47. The molecule has 6 heteroatoms. The van der Waals surface area contributed by atoms with Crippen molar-refractivity contribution in [1.82, 2.24) is 0 Å². The zero-order valence-electron chi connectivity index (χ0n) is 8.82. The van der Waals surface area contributed by atoms with Gasteiger partial charge in [-0.25, -0.2) is 0 Å². The molecule has 0 amide bonds. The van der Waals surface area contributed by atoms with E-state index >= 15 is 0 Å². The van der Waals surface area contributed by atoms with Crippen molar-refractivity contribution in [1.29, 1.82) is 0 Å². The molecule has 0 saturated heterocycles. The van der Waals surface area contributed by atoms with Gasteiger partial charge in [-0.2, -0.15) is 0 Å². The summed E-state index contributed by atoms with van der Waals surface area (Å²) in [4.78, 5) is 21.1. The average Bonchev–Trinajstić information content (AvgIpc) is 2.22. The van der Waals surface area contributed by atoms with Gasteiger partial charge in [0.15, 0.2) is 0 Å². The van der Waals surface area contributed by atoms with Crippen LogP contribution in [0.5, 0.6) is 0 Å². The first kappa shape index (κ1) is 12.4. The molecule has 0 unspecified atom stereocenters. The zero-order chi connectivity index (χ0) is 12.3. The Morgan fingerprint density at radius 3 is 2.69 bits per heavy atom. The number of nitrogens with zero attached hydrogens (tertiary/aromatic N) is 1. The number of hydrogen-bond acceptors (Lipinski definition) is 4. The second-order valence-corrected chi connectivity index (χ2v) is 3.65. The maximum atomic E-state index is 11.1. The molecule has 0 heterocycles. The number of carbonyl (C=O) groups excluding carboxylic acids is 1. The monoisotopic (exact) mass is 243 g/mol. The fraction of sp³-hybridized carbons (Fsp3) is 0.300. The van der Waals surface area contributed by atoms with E-state index in [2.05, 4.69) is 4.74 Å². The summed E-state index contributed by atoms with van der Waals surface area (Å²) in [5, 5.41) is 10.6. The van der Waals surface area contributed by atoms with Crippen LogP contribution in [0, 0.1) is 17.0 Å². The van der Waals surface area contributed by atoms with Crippen molar-refractivity contribution in [3.8, 4) is 0 Å². The Labute approximate surface area is 97.1 Å². The molecule has 0 N–H and O–H groups in total. The van der Waals surface area contributed by atoms with Gasteiger partial charge in [-0.1, -0.05) is 11.6 Å². The Hall–Kier alpha value is -1.62. The van der Waals surface area contributed by atoms with Gasteiger partial charge in [0.1, 0.15) is 5.02 Å². The van der Waals surface area contributed by atoms with Crippen LogP contribution in [0.15, 0.2) is 12.1 Å².